The Labute approximate surface area is 160 Å². The van der Waals surface area contributed by atoms with Gasteiger partial charge in [-0.15, -0.1) is 0 Å². The Balaban J connectivity index is 1.65. The van der Waals surface area contributed by atoms with Gasteiger partial charge in [0.25, 0.3) is 5.56 Å². The fourth-order valence-electron chi connectivity index (χ4n) is 2.62. The van der Waals surface area contributed by atoms with E-state index in [2.05, 4.69) is 15.3 Å². The smallest absolute Gasteiger partial charge is 0.263 e. The molecule has 3 N–H and O–H groups in total. The summed E-state index contributed by atoms with van der Waals surface area (Å²) in [7, 11) is 0. The molecule has 0 saturated carbocycles. The van der Waals surface area contributed by atoms with Crippen molar-refractivity contribution in [3.05, 3.63) is 76.6 Å². The summed E-state index contributed by atoms with van der Waals surface area (Å²) in [4.78, 5) is 31.1. The van der Waals surface area contributed by atoms with Gasteiger partial charge in [-0.25, -0.2) is 0 Å². The number of aromatic nitrogens is 2. The van der Waals surface area contributed by atoms with Crippen molar-refractivity contribution in [1.29, 1.82) is 0 Å². The molecule has 0 bridgehead atoms. The van der Waals surface area contributed by atoms with E-state index in [-0.39, 0.29) is 34.3 Å². The summed E-state index contributed by atoms with van der Waals surface area (Å²) in [5, 5.41) is 13.2. The fraction of sp³-hybridized carbons (Fsp3) is 0.150. The number of aromatic amines is 1. The molecule has 0 aliphatic heterocycles. The van der Waals surface area contributed by atoms with Crippen LogP contribution in [0.5, 0.6) is 5.88 Å². The summed E-state index contributed by atoms with van der Waals surface area (Å²) >= 11 is 1.06. The van der Waals surface area contributed by atoms with E-state index in [1.807, 2.05) is 43.3 Å². The van der Waals surface area contributed by atoms with E-state index in [0.717, 1.165) is 17.3 Å². The number of nitrogens with zero attached hydrogens (tertiary/aromatic N) is 1. The van der Waals surface area contributed by atoms with Crippen molar-refractivity contribution in [1.82, 2.24) is 15.3 Å². The second kappa shape index (κ2) is 8.55. The highest BCUT2D eigenvalue weighted by Gasteiger charge is 2.15. The van der Waals surface area contributed by atoms with Crippen molar-refractivity contribution in [3.63, 3.8) is 0 Å². The highest BCUT2D eigenvalue weighted by molar-refractivity contribution is 7.99. The molecule has 0 aliphatic rings. The Kier molecular flexibility index (Phi) is 5.93. The number of thioether (sulfide) groups is 1. The number of aromatic hydroxyl groups is 1. The topological polar surface area (TPSA) is 95.1 Å². The zero-order valence-corrected chi connectivity index (χ0v) is 15.5. The van der Waals surface area contributed by atoms with Crippen LogP contribution in [0.1, 0.15) is 18.5 Å². The molecule has 27 heavy (non-hydrogen) atoms. The monoisotopic (exact) mass is 381 g/mol. The predicted molar refractivity (Wildman–Crippen MR) is 106 cm³/mol. The van der Waals surface area contributed by atoms with Crippen LogP contribution in [-0.2, 0) is 4.79 Å². The molecule has 0 saturated heterocycles. The molecule has 7 heteroatoms. The number of benzene rings is 2. The van der Waals surface area contributed by atoms with Gasteiger partial charge in [0.2, 0.25) is 11.8 Å². The molecule has 3 rings (SSSR count). The van der Waals surface area contributed by atoms with Gasteiger partial charge in [0.1, 0.15) is 5.56 Å². The molecule has 0 spiro atoms. The normalized spacial score (nSPS) is 11.7. The molecule has 1 heterocycles. The first-order valence-corrected chi connectivity index (χ1v) is 9.39. The molecule has 1 aromatic heterocycles. The molecule has 6 nitrogen and oxygen atoms in total. The van der Waals surface area contributed by atoms with Gasteiger partial charge in [0, 0.05) is 0 Å². The van der Waals surface area contributed by atoms with Gasteiger partial charge in [-0.1, -0.05) is 72.4 Å². The van der Waals surface area contributed by atoms with Crippen LogP contribution < -0.4 is 10.9 Å². The first-order valence-electron chi connectivity index (χ1n) is 8.40. The minimum atomic E-state index is -0.450. The number of nitrogens with one attached hydrogen (secondary N) is 2. The van der Waals surface area contributed by atoms with Crippen LogP contribution in [0.25, 0.3) is 11.1 Å². The van der Waals surface area contributed by atoms with Crippen molar-refractivity contribution in [2.45, 2.75) is 18.1 Å². The number of hydrogen-bond acceptors (Lipinski definition) is 5. The minimum absolute atomic E-state index is 0.0736. The number of hydrogen-bond donors (Lipinski definition) is 3. The molecule has 138 valence electrons. The third-order valence-electron chi connectivity index (χ3n) is 3.96. The summed E-state index contributed by atoms with van der Waals surface area (Å²) in [5.41, 5.74) is 1.25. The number of amides is 1. The highest BCUT2D eigenvalue weighted by atomic mass is 32.2. The lowest BCUT2D eigenvalue weighted by atomic mass is 10.1. The number of carbonyl (C=O) groups excluding carboxylic acids is 1. The molecule has 1 atom stereocenters. The van der Waals surface area contributed by atoms with Crippen molar-refractivity contribution in [2.24, 2.45) is 0 Å². The standard InChI is InChI=1S/C20H19N3O3S/c1-13(14-8-4-2-5-9-14)21-16(24)12-27-20-22-18(25)17(19(26)23-20)15-10-6-3-7-11-15/h2-11,13H,12H2,1H3,(H,21,24)(H2,22,23,25,26)/t13-/m1/s1. The number of H-pyrrole nitrogens is 1. The first kappa shape index (κ1) is 18.7. The number of rotatable bonds is 6. The zero-order chi connectivity index (χ0) is 19.2. The average molecular weight is 381 g/mol. The Bertz CT molecular complexity index is 975. The van der Waals surface area contributed by atoms with Crippen molar-refractivity contribution in [2.75, 3.05) is 5.75 Å². The van der Waals surface area contributed by atoms with Gasteiger partial charge < -0.3 is 15.4 Å². The fourth-order valence-corrected chi connectivity index (χ4v) is 3.28. The van der Waals surface area contributed by atoms with Crippen LogP contribution in [0.2, 0.25) is 0 Å². The molecular weight excluding hydrogens is 362 g/mol. The van der Waals surface area contributed by atoms with Crippen LogP contribution in [0.4, 0.5) is 0 Å². The molecule has 0 aliphatic carbocycles. The van der Waals surface area contributed by atoms with Crippen LogP contribution in [0.3, 0.4) is 0 Å². The molecule has 3 aromatic rings. The van der Waals surface area contributed by atoms with Crippen molar-refractivity contribution >= 4 is 17.7 Å². The molecular formula is C20H19N3O3S. The summed E-state index contributed by atoms with van der Waals surface area (Å²) in [5.74, 6) is -0.472. The zero-order valence-electron chi connectivity index (χ0n) is 14.7. The predicted octanol–water partition coefficient (Wildman–Crippen LogP) is 3.11. The Morgan fingerprint density at radius 1 is 1.15 bits per heavy atom. The van der Waals surface area contributed by atoms with E-state index in [9.17, 15) is 14.7 Å². The lowest BCUT2D eigenvalue weighted by Gasteiger charge is -2.14. The molecule has 0 radical (unpaired) electrons. The molecule has 1 amide bonds. The number of carbonyl (C=O) groups is 1. The highest BCUT2D eigenvalue weighted by Crippen LogP contribution is 2.25. The summed E-state index contributed by atoms with van der Waals surface area (Å²) in [6.45, 7) is 1.90. The van der Waals surface area contributed by atoms with Crippen molar-refractivity contribution < 1.29 is 9.90 Å². The third kappa shape index (κ3) is 4.77. The average Bonchev–Trinajstić information content (AvgIpc) is 2.67. The lowest BCUT2D eigenvalue weighted by Crippen LogP contribution is -2.28. The lowest BCUT2D eigenvalue weighted by molar-refractivity contribution is -0.119. The summed E-state index contributed by atoms with van der Waals surface area (Å²) < 4.78 is 0. The first-order chi connectivity index (χ1) is 13.0. The maximum absolute atomic E-state index is 12.3. The summed E-state index contributed by atoms with van der Waals surface area (Å²) in [6, 6.07) is 18.3. The van der Waals surface area contributed by atoms with Crippen LogP contribution >= 0.6 is 11.8 Å². The van der Waals surface area contributed by atoms with Crippen LogP contribution in [0, 0.1) is 0 Å². The van der Waals surface area contributed by atoms with E-state index < -0.39 is 5.56 Å². The van der Waals surface area contributed by atoms with E-state index >= 15 is 0 Å². The molecule has 0 fully saturated rings. The summed E-state index contributed by atoms with van der Waals surface area (Å²) in [6.07, 6.45) is 0. The molecule has 0 unspecified atom stereocenters. The third-order valence-corrected chi connectivity index (χ3v) is 4.83. The SMILES string of the molecule is C[C@@H](NC(=O)CSc1nc(O)c(-c2ccccc2)c(=O)[nH]1)c1ccccc1. The second-order valence-corrected chi connectivity index (χ2v) is 6.89. The minimum Gasteiger partial charge on any atom is -0.493 e. The van der Waals surface area contributed by atoms with Gasteiger partial charge in [0.15, 0.2) is 5.16 Å². The van der Waals surface area contributed by atoms with Gasteiger partial charge in [-0.05, 0) is 18.1 Å². The van der Waals surface area contributed by atoms with Gasteiger partial charge in [-0.2, -0.15) is 4.98 Å². The van der Waals surface area contributed by atoms with E-state index in [1.54, 1.807) is 24.3 Å². The Morgan fingerprint density at radius 3 is 2.41 bits per heavy atom. The van der Waals surface area contributed by atoms with E-state index in [1.165, 1.54) is 0 Å². The van der Waals surface area contributed by atoms with Crippen molar-refractivity contribution in [3.8, 4) is 17.0 Å². The Morgan fingerprint density at radius 2 is 1.78 bits per heavy atom. The van der Waals surface area contributed by atoms with E-state index in [4.69, 9.17) is 0 Å². The maximum Gasteiger partial charge on any atom is 0.263 e. The molecule has 2 aromatic carbocycles. The van der Waals surface area contributed by atoms with Gasteiger partial charge >= 0.3 is 0 Å². The van der Waals surface area contributed by atoms with E-state index in [0.29, 0.717) is 5.56 Å². The largest absolute Gasteiger partial charge is 0.493 e. The van der Waals surface area contributed by atoms with Crippen LogP contribution in [0.15, 0.2) is 70.6 Å². The Hall–Kier alpha value is -3.06. The van der Waals surface area contributed by atoms with Gasteiger partial charge in [-0.3, -0.25) is 9.59 Å². The van der Waals surface area contributed by atoms with Crippen LogP contribution in [-0.4, -0.2) is 26.7 Å². The maximum atomic E-state index is 12.3. The van der Waals surface area contributed by atoms with Gasteiger partial charge in [0.05, 0.1) is 11.8 Å². The second-order valence-electron chi connectivity index (χ2n) is 5.92. The quantitative estimate of drug-likeness (QED) is 0.450.